The van der Waals surface area contributed by atoms with Crippen LogP contribution in [0.3, 0.4) is 0 Å². The van der Waals surface area contributed by atoms with Crippen molar-refractivity contribution in [3.8, 4) is 0 Å². The summed E-state index contributed by atoms with van der Waals surface area (Å²) in [5, 5.41) is 6.09. The van der Waals surface area contributed by atoms with E-state index >= 15 is 0 Å². The predicted molar refractivity (Wildman–Crippen MR) is 178 cm³/mol. The zero-order chi connectivity index (χ0) is 32.8. The topological polar surface area (TPSA) is 97.9 Å². The largest absolute Gasteiger partial charge is 0.368 e. The fraction of sp³-hybridized carbons (Fsp3) is 0.412. The van der Waals surface area contributed by atoms with Crippen LogP contribution in [0.4, 0.5) is 25.8 Å². The number of piperazine rings is 1. The molecule has 0 aliphatic carbocycles. The minimum atomic E-state index is -3.41. The number of likely N-dealkylation sites (tertiary alicyclic amines) is 1. The average Bonchev–Trinajstić information content (AvgIpc) is 3.65. The first-order valence-corrected chi connectivity index (χ1v) is 16.5. The maximum Gasteiger partial charge on any atom is 0.309 e. The van der Waals surface area contributed by atoms with Gasteiger partial charge in [-0.25, -0.2) is 4.98 Å². The normalized spacial score (nSPS) is 15.6. The van der Waals surface area contributed by atoms with Gasteiger partial charge in [0.05, 0.1) is 16.4 Å². The van der Waals surface area contributed by atoms with E-state index in [9.17, 15) is 23.2 Å². The molecule has 2 aliphatic heterocycles. The molecule has 0 spiro atoms. The first-order valence-electron chi connectivity index (χ1n) is 15.6. The lowest BCUT2D eigenvalue weighted by molar-refractivity contribution is -0.127. The summed E-state index contributed by atoms with van der Waals surface area (Å²) < 4.78 is 29.9. The fourth-order valence-corrected chi connectivity index (χ4v) is 6.80. The van der Waals surface area contributed by atoms with Crippen molar-refractivity contribution >= 4 is 46.1 Å². The van der Waals surface area contributed by atoms with E-state index < -0.39 is 17.5 Å². The molecule has 0 radical (unpaired) electrons. The Morgan fingerprint density at radius 2 is 1.72 bits per heavy atom. The van der Waals surface area contributed by atoms with E-state index in [1.807, 2.05) is 17.0 Å². The van der Waals surface area contributed by atoms with E-state index in [-0.39, 0.29) is 16.7 Å². The summed E-state index contributed by atoms with van der Waals surface area (Å²) in [5.41, 5.74) is 3.16. The number of anilines is 3. The van der Waals surface area contributed by atoms with Crippen LogP contribution >= 0.6 is 11.3 Å². The molecular formula is C34H40F2N6O3S. The van der Waals surface area contributed by atoms with Crippen molar-refractivity contribution in [3.63, 3.8) is 0 Å². The van der Waals surface area contributed by atoms with Crippen molar-refractivity contribution in [1.82, 2.24) is 15.2 Å². The Labute approximate surface area is 272 Å². The Bertz CT molecular complexity index is 1620. The summed E-state index contributed by atoms with van der Waals surface area (Å²) in [6, 6.07) is 13.3. The van der Waals surface area contributed by atoms with Crippen LogP contribution in [0.1, 0.15) is 62.5 Å². The number of aryl methyl sites for hydroxylation is 2. The number of allylic oxidation sites excluding steroid dienone is 2. The smallest absolute Gasteiger partial charge is 0.309 e. The predicted octanol–water partition coefficient (Wildman–Crippen LogP) is 5.75. The van der Waals surface area contributed by atoms with Gasteiger partial charge in [0.25, 0.3) is 11.8 Å². The van der Waals surface area contributed by atoms with Gasteiger partial charge in [-0.3, -0.25) is 14.4 Å². The van der Waals surface area contributed by atoms with Gasteiger partial charge in [0.15, 0.2) is 0 Å². The highest BCUT2D eigenvalue weighted by atomic mass is 32.1. The molecule has 3 aromatic rings. The lowest BCUT2D eigenvalue weighted by Crippen LogP contribution is -2.47. The summed E-state index contributed by atoms with van der Waals surface area (Å²) in [7, 11) is 0. The molecule has 1 aromatic heterocycles. The Hall–Kier alpha value is -4.32. The molecule has 2 N–H and O–H groups in total. The maximum atomic E-state index is 14.9. The van der Waals surface area contributed by atoms with E-state index in [0.717, 1.165) is 43.5 Å². The zero-order valence-electron chi connectivity index (χ0n) is 26.4. The van der Waals surface area contributed by atoms with Gasteiger partial charge in [-0.15, -0.1) is 11.3 Å². The third-order valence-electron chi connectivity index (χ3n) is 8.28. The van der Waals surface area contributed by atoms with E-state index in [0.29, 0.717) is 61.0 Å². The zero-order valence-corrected chi connectivity index (χ0v) is 27.3. The van der Waals surface area contributed by atoms with Gasteiger partial charge >= 0.3 is 5.92 Å². The monoisotopic (exact) mass is 650 g/mol. The lowest BCUT2D eigenvalue weighted by Gasteiger charge is -2.38. The highest BCUT2D eigenvalue weighted by Crippen LogP contribution is 2.36. The second-order valence-electron chi connectivity index (χ2n) is 11.6. The van der Waals surface area contributed by atoms with E-state index in [1.165, 1.54) is 24.3 Å². The summed E-state index contributed by atoms with van der Waals surface area (Å²) in [6.07, 6.45) is 4.02. The van der Waals surface area contributed by atoms with Gasteiger partial charge in [-0.1, -0.05) is 24.3 Å². The molecule has 244 valence electrons. The number of alkyl halides is 2. The van der Waals surface area contributed by atoms with E-state index in [4.69, 9.17) is 0 Å². The maximum absolute atomic E-state index is 14.9. The van der Waals surface area contributed by atoms with Crippen LogP contribution in [0.15, 0.2) is 54.6 Å². The quantitative estimate of drug-likeness (QED) is 0.203. The van der Waals surface area contributed by atoms with Crippen molar-refractivity contribution in [3.05, 3.63) is 81.3 Å². The van der Waals surface area contributed by atoms with Crippen LogP contribution in [0.25, 0.3) is 0 Å². The number of aromatic nitrogens is 1. The molecule has 2 fully saturated rings. The minimum Gasteiger partial charge on any atom is -0.368 e. The third kappa shape index (κ3) is 7.55. The molecule has 2 saturated heterocycles. The van der Waals surface area contributed by atoms with Gasteiger partial charge in [-0.05, 0) is 69.5 Å². The van der Waals surface area contributed by atoms with Gasteiger partial charge in [0.1, 0.15) is 10.6 Å². The minimum absolute atomic E-state index is 0.143. The number of benzene rings is 2. The third-order valence-corrected chi connectivity index (χ3v) is 9.25. The molecule has 0 saturated carbocycles. The number of rotatable bonds is 11. The molecule has 0 bridgehead atoms. The molecule has 3 heterocycles. The van der Waals surface area contributed by atoms with E-state index in [2.05, 4.69) is 44.5 Å². The van der Waals surface area contributed by atoms with E-state index in [1.54, 1.807) is 25.1 Å². The lowest BCUT2D eigenvalue weighted by atomic mass is 10.1. The summed E-state index contributed by atoms with van der Waals surface area (Å²) >= 11 is 0.905. The Kier molecular flexibility index (Phi) is 10.4. The van der Waals surface area contributed by atoms with Crippen LogP contribution in [0.2, 0.25) is 0 Å². The second-order valence-corrected chi connectivity index (χ2v) is 12.8. The number of carbonyl (C=O) groups is 3. The van der Waals surface area contributed by atoms with Crippen molar-refractivity contribution < 1.29 is 23.2 Å². The molecular weight excluding hydrogens is 610 g/mol. The second kappa shape index (κ2) is 14.4. The first kappa shape index (κ1) is 33.1. The molecule has 2 aliphatic rings. The van der Waals surface area contributed by atoms with Gasteiger partial charge in [-0.2, -0.15) is 8.78 Å². The van der Waals surface area contributed by atoms with Gasteiger partial charge in [0, 0.05) is 63.5 Å². The number of para-hydroxylation sites is 1. The van der Waals surface area contributed by atoms with Crippen LogP contribution in [-0.4, -0.2) is 73.4 Å². The molecule has 3 amide bonds. The number of carbonyl (C=O) groups excluding carboxylic acids is 3. The summed E-state index contributed by atoms with van der Waals surface area (Å²) in [4.78, 5) is 48.7. The van der Waals surface area contributed by atoms with Crippen molar-refractivity contribution in [2.75, 3.05) is 60.9 Å². The van der Waals surface area contributed by atoms with Crippen LogP contribution in [0, 0.1) is 13.8 Å². The number of hydrogen-bond acceptors (Lipinski definition) is 7. The highest BCUT2D eigenvalue weighted by Gasteiger charge is 2.37. The molecule has 2 aromatic carbocycles. The van der Waals surface area contributed by atoms with Crippen LogP contribution < -0.4 is 20.4 Å². The molecule has 9 nitrogen and oxygen atoms in total. The standard InChI is InChI=1S/C34H40F2N6O3S/c1-4-14-34(35,36)31-30(46-24(3)38-31)33(45)39-26-22-25(32(44)37-15-8-17-42-16-7-11-29(42)43)12-13-28(26)41-20-18-40(19-21-41)27-10-6-5-9-23(27)2/h4-6,9-10,12-14,22H,7-8,11,15-21H2,1-3H3,(H,37,44)(H,39,45)/b14-4+. The molecule has 0 unspecified atom stereocenters. The molecule has 5 rings (SSSR count). The number of nitrogens with one attached hydrogen (secondary N) is 2. The Balaban J connectivity index is 1.36. The SMILES string of the molecule is C/C=C/C(F)(F)c1nc(C)sc1C(=O)Nc1cc(C(=O)NCCCN2CCCC2=O)ccc1N1CCN(c2ccccc2C)CC1. The van der Waals surface area contributed by atoms with Gasteiger partial charge < -0.3 is 25.3 Å². The Morgan fingerprint density at radius 3 is 2.39 bits per heavy atom. The molecule has 0 atom stereocenters. The number of hydrogen-bond donors (Lipinski definition) is 2. The number of nitrogens with zero attached hydrogens (tertiary/aromatic N) is 4. The van der Waals surface area contributed by atoms with Crippen LogP contribution in [0.5, 0.6) is 0 Å². The van der Waals surface area contributed by atoms with Crippen molar-refractivity contribution in [1.29, 1.82) is 0 Å². The molecule has 12 heteroatoms. The Morgan fingerprint density at radius 1 is 1.00 bits per heavy atom. The fourth-order valence-electron chi connectivity index (χ4n) is 5.95. The number of thiazole rings is 1. The summed E-state index contributed by atoms with van der Waals surface area (Å²) in [6.45, 7) is 9.67. The summed E-state index contributed by atoms with van der Waals surface area (Å²) in [5.74, 6) is -4.31. The van der Waals surface area contributed by atoms with Crippen molar-refractivity contribution in [2.24, 2.45) is 0 Å². The highest BCUT2D eigenvalue weighted by molar-refractivity contribution is 7.13. The first-order chi connectivity index (χ1) is 22.1. The number of amides is 3. The van der Waals surface area contributed by atoms with Crippen molar-refractivity contribution in [2.45, 2.75) is 46.0 Å². The average molecular weight is 651 g/mol. The molecule has 46 heavy (non-hydrogen) atoms. The van der Waals surface area contributed by atoms with Crippen LogP contribution in [-0.2, 0) is 10.7 Å². The number of halogens is 2. The van der Waals surface area contributed by atoms with Gasteiger partial charge in [0.2, 0.25) is 5.91 Å².